The predicted octanol–water partition coefficient (Wildman–Crippen LogP) is 0.496. The maximum Gasteiger partial charge on any atom is 0.251 e. The van der Waals surface area contributed by atoms with Crippen LogP contribution in [0, 0.1) is 5.92 Å². The Morgan fingerprint density at radius 2 is 2.18 bits per heavy atom. The van der Waals surface area contributed by atoms with Gasteiger partial charge in [0.25, 0.3) is 5.91 Å². The van der Waals surface area contributed by atoms with E-state index in [0.717, 1.165) is 0 Å². The van der Waals surface area contributed by atoms with Crippen LogP contribution >= 0.6 is 0 Å². The quantitative estimate of drug-likeness (QED) is 0.824. The second-order valence-corrected chi connectivity index (χ2v) is 5.07. The van der Waals surface area contributed by atoms with E-state index in [4.69, 9.17) is 18.9 Å². The number of carbonyl (C=O) groups excluding carboxylic acids is 1. The molecule has 0 saturated carbocycles. The summed E-state index contributed by atoms with van der Waals surface area (Å²) in [5.74, 6) is 0.259. The second kappa shape index (κ2) is 8.07. The van der Waals surface area contributed by atoms with Gasteiger partial charge in [0, 0.05) is 44.5 Å². The summed E-state index contributed by atoms with van der Waals surface area (Å²) in [5, 5.41) is 2.89. The van der Waals surface area contributed by atoms with Crippen molar-refractivity contribution in [1.82, 2.24) is 10.3 Å². The number of rotatable bonds is 6. The van der Waals surface area contributed by atoms with Crippen LogP contribution in [0.4, 0.5) is 0 Å². The molecule has 122 valence electrons. The third kappa shape index (κ3) is 3.94. The summed E-state index contributed by atoms with van der Waals surface area (Å²) < 4.78 is 21.4. The number of hydrogen-bond acceptors (Lipinski definition) is 6. The topological polar surface area (TPSA) is 78.9 Å². The molecule has 1 fully saturated rings. The Morgan fingerprint density at radius 3 is 2.86 bits per heavy atom. The van der Waals surface area contributed by atoms with E-state index in [2.05, 4.69) is 10.3 Å². The molecule has 2 heterocycles. The number of hydrogen-bond donors (Lipinski definition) is 1. The van der Waals surface area contributed by atoms with Crippen molar-refractivity contribution < 1.29 is 23.7 Å². The molecule has 22 heavy (non-hydrogen) atoms. The van der Waals surface area contributed by atoms with Crippen molar-refractivity contribution >= 4 is 5.91 Å². The minimum absolute atomic E-state index is 0.0383. The van der Waals surface area contributed by atoms with Crippen LogP contribution < -0.4 is 10.1 Å². The summed E-state index contributed by atoms with van der Waals surface area (Å²) >= 11 is 0. The third-order valence-corrected chi connectivity index (χ3v) is 3.75. The Labute approximate surface area is 129 Å². The Morgan fingerprint density at radius 1 is 1.36 bits per heavy atom. The van der Waals surface area contributed by atoms with E-state index in [1.807, 2.05) is 0 Å². The molecular formula is C15H22N2O5. The van der Waals surface area contributed by atoms with Gasteiger partial charge in [0.2, 0.25) is 5.88 Å². The number of amides is 1. The molecule has 0 spiro atoms. The first-order chi connectivity index (χ1) is 10.7. The van der Waals surface area contributed by atoms with Gasteiger partial charge in [-0.2, -0.15) is 0 Å². The fourth-order valence-electron chi connectivity index (χ4n) is 2.54. The number of pyridine rings is 1. The predicted molar refractivity (Wildman–Crippen MR) is 79.0 cm³/mol. The first-order valence-electron chi connectivity index (χ1n) is 7.11. The Bertz CT molecular complexity index is 497. The summed E-state index contributed by atoms with van der Waals surface area (Å²) in [6.07, 6.45) is 1.31. The standard InChI is InChI=1S/C15H22N2O5/c1-19-12-9-22-8-11(14(12)21-3)7-17-15(18)10-4-5-16-13(6-10)20-2/h4-6,11-12,14H,7-9H2,1-3H3,(H,17,18)/t11-,12-,14+/m1/s1. The smallest absolute Gasteiger partial charge is 0.251 e. The minimum Gasteiger partial charge on any atom is -0.481 e. The van der Waals surface area contributed by atoms with Crippen LogP contribution in [-0.4, -0.2) is 64.2 Å². The highest BCUT2D eigenvalue weighted by molar-refractivity contribution is 5.94. The molecule has 1 amide bonds. The van der Waals surface area contributed by atoms with E-state index in [-0.39, 0.29) is 24.0 Å². The fourth-order valence-corrected chi connectivity index (χ4v) is 2.54. The zero-order valence-electron chi connectivity index (χ0n) is 13.1. The number of ether oxygens (including phenoxy) is 4. The lowest BCUT2D eigenvalue weighted by atomic mass is 9.96. The fraction of sp³-hybridized carbons (Fsp3) is 0.600. The van der Waals surface area contributed by atoms with Gasteiger partial charge in [0.05, 0.1) is 26.4 Å². The highest BCUT2D eigenvalue weighted by Gasteiger charge is 2.34. The Kier molecular flexibility index (Phi) is 6.11. The molecule has 1 aromatic rings. The van der Waals surface area contributed by atoms with Crippen LogP contribution in [0.5, 0.6) is 5.88 Å². The van der Waals surface area contributed by atoms with E-state index >= 15 is 0 Å². The number of methoxy groups -OCH3 is 3. The van der Waals surface area contributed by atoms with Crippen LogP contribution in [0.1, 0.15) is 10.4 Å². The number of carbonyl (C=O) groups is 1. The first-order valence-corrected chi connectivity index (χ1v) is 7.11. The van der Waals surface area contributed by atoms with Crippen molar-refractivity contribution in [2.75, 3.05) is 41.1 Å². The largest absolute Gasteiger partial charge is 0.481 e. The SMILES string of the molecule is COc1cc(C(=O)NC[C@@H]2COC[C@@H](OC)[C@H]2OC)ccn1. The second-order valence-electron chi connectivity index (χ2n) is 5.07. The van der Waals surface area contributed by atoms with Gasteiger partial charge in [-0.3, -0.25) is 4.79 Å². The average Bonchev–Trinajstić information content (AvgIpc) is 2.59. The lowest BCUT2D eigenvalue weighted by molar-refractivity contribution is -0.145. The van der Waals surface area contributed by atoms with Crippen molar-refractivity contribution in [1.29, 1.82) is 0 Å². The molecule has 1 aliphatic heterocycles. The monoisotopic (exact) mass is 310 g/mol. The summed E-state index contributed by atoms with van der Waals surface area (Å²) in [5.41, 5.74) is 0.501. The molecule has 0 aromatic carbocycles. The molecule has 7 nitrogen and oxygen atoms in total. The average molecular weight is 310 g/mol. The maximum atomic E-state index is 12.2. The maximum absolute atomic E-state index is 12.2. The summed E-state index contributed by atoms with van der Waals surface area (Å²) in [6.45, 7) is 1.47. The van der Waals surface area contributed by atoms with Gasteiger partial charge in [0.1, 0.15) is 6.10 Å². The molecule has 1 N–H and O–H groups in total. The van der Waals surface area contributed by atoms with Gasteiger partial charge in [-0.15, -0.1) is 0 Å². The lowest BCUT2D eigenvalue weighted by Crippen LogP contribution is -2.50. The van der Waals surface area contributed by atoms with Gasteiger partial charge in [-0.05, 0) is 6.07 Å². The molecule has 1 aliphatic rings. The van der Waals surface area contributed by atoms with Crippen LogP contribution in [0.3, 0.4) is 0 Å². The molecule has 7 heteroatoms. The van der Waals surface area contributed by atoms with Crippen molar-refractivity contribution in [3.05, 3.63) is 23.9 Å². The van der Waals surface area contributed by atoms with Crippen molar-refractivity contribution in [2.24, 2.45) is 5.92 Å². The van der Waals surface area contributed by atoms with Crippen LogP contribution in [-0.2, 0) is 14.2 Å². The molecule has 0 aliphatic carbocycles. The molecule has 1 aromatic heterocycles. The number of aromatic nitrogens is 1. The summed E-state index contributed by atoms with van der Waals surface area (Å²) in [4.78, 5) is 16.2. The first kappa shape index (κ1) is 16.7. The zero-order chi connectivity index (χ0) is 15.9. The number of nitrogens with one attached hydrogen (secondary N) is 1. The highest BCUT2D eigenvalue weighted by Crippen LogP contribution is 2.20. The van der Waals surface area contributed by atoms with Crippen LogP contribution in [0.15, 0.2) is 18.3 Å². The van der Waals surface area contributed by atoms with Crippen LogP contribution in [0.25, 0.3) is 0 Å². The van der Waals surface area contributed by atoms with Gasteiger partial charge >= 0.3 is 0 Å². The lowest BCUT2D eigenvalue weighted by Gasteiger charge is -2.36. The Hall–Kier alpha value is -1.70. The molecule has 0 unspecified atom stereocenters. The van der Waals surface area contributed by atoms with Crippen molar-refractivity contribution in [2.45, 2.75) is 12.2 Å². The van der Waals surface area contributed by atoms with E-state index in [1.165, 1.54) is 13.3 Å². The minimum atomic E-state index is -0.185. The van der Waals surface area contributed by atoms with Crippen LogP contribution in [0.2, 0.25) is 0 Å². The van der Waals surface area contributed by atoms with E-state index in [0.29, 0.717) is 31.2 Å². The molecule has 2 rings (SSSR count). The third-order valence-electron chi connectivity index (χ3n) is 3.75. The highest BCUT2D eigenvalue weighted by atomic mass is 16.6. The van der Waals surface area contributed by atoms with Crippen molar-refractivity contribution in [3.63, 3.8) is 0 Å². The van der Waals surface area contributed by atoms with Crippen molar-refractivity contribution in [3.8, 4) is 5.88 Å². The normalized spacial score (nSPS) is 24.8. The van der Waals surface area contributed by atoms with E-state index in [1.54, 1.807) is 26.4 Å². The zero-order valence-corrected chi connectivity index (χ0v) is 13.1. The molecule has 0 bridgehead atoms. The Balaban J connectivity index is 1.94. The van der Waals surface area contributed by atoms with E-state index < -0.39 is 0 Å². The number of nitrogens with zero attached hydrogens (tertiary/aromatic N) is 1. The summed E-state index contributed by atoms with van der Waals surface area (Å²) in [7, 11) is 4.78. The molecule has 0 radical (unpaired) electrons. The summed E-state index contributed by atoms with van der Waals surface area (Å²) in [6, 6.07) is 3.24. The molecule has 3 atom stereocenters. The molecule has 1 saturated heterocycles. The molecular weight excluding hydrogens is 288 g/mol. The van der Waals surface area contributed by atoms with Gasteiger partial charge in [-0.25, -0.2) is 4.98 Å². The van der Waals surface area contributed by atoms with Gasteiger partial charge in [0.15, 0.2) is 0 Å². The van der Waals surface area contributed by atoms with E-state index in [9.17, 15) is 4.79 Å². The van der Waals surface area contributed by atoms with Gasteiger partial charge in [-0.1, -0.05) is 0 Å². The van der Waals surface area contributed by atoms with Gasteiger partial charge < -0.3 is 24.3 Å².